The number of carboxylic acids is 1. The highest BCUT2D eigenvalue weighted by atomic mass is 16.4. The van der Waals surface area contributed by atoms with Crippen molar-refractivity contribution in [3.8, 4) is 0 Å². The van der Waals surface area contributed by atoms with Gasteiger partial charge in [0.25, 0.3) is 0 Å². The van der Waals surface area contributed by atoms with Crippen LogP contribution in [0, 0.1) is 23.2 Å². The van der Waals surface area contributed by atoms with Crippen molar-refractivity contribution in [1.29, 1.82) is 0 Å². The molecule has 2 N–H and O–H groups in total. The molecule has 122 valence electrons. The number of hydrogen-bond acceptors (Lipinski definition) is 2. The Hall–Kier alpha value is -1.26. The van der Waals surface area contributed by atoms with Gasteiger partial charge in [-0.3, -0.25) is 4.79 Å². The summed E-state index contributed by atoms with van der Waals surface area (Å²) in [5.41, 5.74) is -0.814. The summed E-state index contributed by atoms with van der Waals surface area (Å²) in [6.07, 6.45) is 1.38. The Kier molecular flexibility index (Phi) is 6.05. The fourth-order valence-electron chi connectivity index (χ4n) is 3.15. The Morgan fingerprint density at radius 2 is 1.81 bits per heavy atom. The van der Waals surface area contributed by atoms with Crippen LogP contribution in [0.1, 0.15) is 47.5 Å². The molecule has 1 heterocycles. The van der Waals surface area contributed by atoms with Gasteiger partial charge < -0.3 is 15.3 Å². The molecule has 0 aromatic carbocycles. The first kappa shape index (κ1) is 17.8. The highest BCUT2D eigenvalue weighted by Crippen LogP contribution is 2.29. The summed E-state index contributed by atoms with van der Waals surface area (Å²) >= 11 is 0. The summed E-state index contributed by atoms with van der Waals surface area (Å²) in [6.45, 7) is 12.0. The van der Waals surface area contributed by atoms with Crippen molar-refractivity contribution in [3.63, 3.8) is 0 Å². The standard InChI is InChI=1S/C16H30N2O3/c1-11(2)13(12(3)4)9-17-15(21)18-8-6-7-16(5,10-18)14(19)20/h11-13H,6-10H2,1-5H3,(H,17,21)(H,19,20). The van der Waals surface area contributed by atoms with Crippen LogP contribution in [-0.4, -0.2) is 41.6 Å². The first-order chi connectivity index (χ1) is 9.67. The average Bonchev–Trinajstić information content (AvgIpc) is 2.37. The molecule has 1 unspecified atom stereocenters. The van der Waals surface area contributed by atoms with Gasteiger partial charge in [-0.1, -0.05) is 27.7 Å². The second kappa shape index (κ2) is 7.14. The van der Waals surface area contributed by atoms with Crippen molar-refractivity contribution < 1.29 is 14.7 Å². The van der Waals surface area contributed by atoms with Gasteiger partial charge in [-0.2, -0.15) is 0 Å². The number of amides is 2. The van der Waals surface area contributed by atoms with Crippen LogP contribution in [0.4, 0.5) is 4.79 Å². The Labute approximate surface area is 128 Å². The largest absolute Gasteiger partial charge is 0.481 e. The third-order valence-electron chi connectivity index (χ3n) is 4.70. The number of urea groups is 1. The third-order valence-corrected chi connectivity index (χ3v) is 4.70. The molecule has 21 heavy (non-hydrogen) atoms. The number of hydrogen-bond donors (Lipinski definition) is 2. The average molecular weight is 298 g/mol. The molecule has 0 spiro atoms. The molecule has 1 atom stereocenters. The van der Waals surface area contributed by atoms with E-state index in [1.807, 2.05) is 0 Å². The van der Waals surface area contributed by atoms with E-state index in [2.05, 4.69) is 33.0 Å². The van der Waals surface area contributed by atoms with Crippen LogP contribution in [-0.2, 0) is 4.79 Å². The Morgan fingerprint density at radius 3 is 2.29 bits per heavy atom. The molecule has 0 aromatic heterocycles. The number of carbonyl (C=O) groups excluding carboxylic acids is 1. The van der Waals surface area contributed by atoms with E-state index in [9.17, 15) is 14.7 Å². The second-order valence-electron chi connectivity index (χ2n) is 7.23. The van der Waals surface area contributed by atoms with Crippen molar-refractivity contribution in [1.82, 2.24) is 10.2 Å². The lowest BCUT2D eigenvalue weighted by atomic mass is 9.82. The summed E-state index contributed by atoms with van der Waals surface area (Å²) in [5, 5.41) is 12.3. The van der Waals surface area contributed by atoms with E-state index in [0.29, 0.717) is 43.8 Å². The second-order valence-corrected chi connectivity index (χ2v) is 7.23. The lowest BCUT2D eigenvalue weighted by Gasteiger charge is -2.38. The van der Waals surface area contributed by atoms with Crippen LogP contribution in [0.2, 0.25) is 0 Å². The molecular weight excluding hydrogens is 268 g/mol. The van der Waals surface area contributed by atoms with E-state index in [-0.39, 0.29) is 6.03 Å². The number of likely N-dealkylation sites (tertiary alicyclic amines) is 1. The van der Waals surface area contributed by atoms with Crippen LogP contribution < -0.4 is 5.32 Å². The number of nitrogens with zero attached hydrogens (tertiary/aromatic N) is 1. The van der Waals surface area contributed by atoms with E-state index in [1.165, 1.54) is 0 Å². The van der Waals surface area contributed by atoms with Gasteiger partial charge in [-0.25, -0.2) is 4.79 Å². The van der Waals surface area contributed by atoms with Gasteiger partial charge in [-0.05, 0) is 37.5 Å². The minimum Gasteiger partial charge on any atom is -0.481 e. The zero-order valence-electron chi connectivity index (χ0n) is 14.0. The van der Waals surface area contributed by atoms with Gasteiger partial charge in [0.15, 0.2) is 0 Å². The maximum atomic E-state index is 12.3. The lowest BCUT2D eigenvalue weighted by molar-refractivity contribution is -0.150. The molecule has 1 aliphatic heterocycles. The van der Waals surface area contributed by atoms with Crippen molar-refractivity contribution in [2.24, 2.45) is 23.2 Å². The molecular formula is C16H30N2O3. The van der Waals surface area contributed by atoms with E-state index in [1.54, 1.807) is 11.8 Å². The highest BCUT2D eigenvalue weighted by Gasteiger charge is 2.39. The summed E-state index contributed by atoms with van der Waals surface area (Å²) in [6, 6.07) is -0.131. The molecule has 2 amide bonds. The quantitative estimate of drug-likeness (QED) is 0.820. The van der Waals surface area contributed by atoms with E-state index in [4.69, 9.17) is 0 Å². The molecule has 0 aliphatic carbocycles. The molecule has 0 saturated carbocycles. The zero-order valence-corrected chi connectivity index (χ0v) is 14.0. The number of carbonyl (C=O) groups is 2. The van der Waals surface area contributed by atoms with Gasteiger partial charge in [0.05, 0.1) is 5.41 Å². The van der Waals surface area contributed by atoms with Crippen molar-refractivity contribution in [3.05, 3.63) is 0 Å². The first-order valence-corrected chi connectivity index (χ1v) is 7.93. The number of aliphatic carboxylic acids is 1. The highest BCUT2D eigenvalue weighted by molar-refractivity contribution is 5.78. The van der Waals surface area contributed by atoms with E-state index in [0.717, 1.165) is 6.42 Å². The molecule has 1 rings (SSSR count). The number of piperidine rings is 1. The predicted octanol–water partition coefficient (Wildman–Crippen LogP) is 2.81. The van der Waals surface area contributed by atoms with Gasteiger partial charge >= 0.3 is 12.0 Å². The third kappa shape index (κ3) is 4.61. The number of rotatable bonds is 5. The smallest absolute Gasteiger partial charge is 0.317 e. The monoisotopic (exact) mass is 298 g/mol. The van der Waals surface area contributed by atoms with Crippen molar-refractivity contribution in [2.45, 2.75) is 47.5 Å². The summed E-state index contributed by atoms with van der Waals surface area (Å²) < 4.78 is 0. The van der Waals surface area contributed by atoms with Gasteiger partial charge in [0.2, 0.25) is 0 Å². The van der Waals surface area contributed by atoms with Crippen molar-refractivity contribution >= 4 is 12.0 Å². The summed E-state index contributed by atoms with van der Waals surface area (Å²) in [7, 11) is 0. The Bertz CT molecular complexity index is 374. The molecule has 0 radical (unpaired) electrons. The fourth-order valence-corrected chi connectivity index (χ4v) is 3.15. The normalized spacial score (nSPS) is 23.0. The van der Waals surface area contributed by atoms with E-state index < -0.39 is 11.4 Å². The Balaban J connectivity index is 2.57. The molecule has 0 bridgehead atoms. The zero-order chi connectivity index (χ0) is 16.2. The van der Waals surface area contributed by atoms with Gasteiger partial charge in [-0.15, -0.1) is 0 Å². The number of nitrogens with one attached hydrogen (secondary N) is 1. The molecule has 5 nitrogen and oxygen atoms in total. The van der Waals surface area contributed by atoms with Crippen LogP contribution >= 0.6 is 0 Å². The van der Waals surface area contributed by atoms with Gasteiger partial charge in [0, 0.05) is 19.6 Å². The molecule has 5 heteroatoms. The summed E-state index contributed by atoms with van der Waals surface area (Å²) in [4.78, 5) is 25.3. The van der Waals surface area contributed by atoms with Crippen LogP contribution in [0.5, 0.6) is 0 Å². The van der Waals surface area contributed by atoms with E-state index >= 15 is 0 Å². The minimum atomic E-state index is -0.817. The van der Waals surface area contributed by atoms with Crippen LogP contribution in [0.15, 0.2) is 0 Å². The molecule has 1 aliphatic rings. The molecule has 1 fully saturated rings. The maximum absolute atomic E-state index is 12.3. The topological polar surface area (TPSA) is 69.6 Å². The minimum absolute atomic E-state index is 0.131. The lowest BCUT2D eigenvalue weighted by Crippen LogP contribution is -2.52. The summed E-state index contributed by atoms with van der Waals surface area (Å²) in [5.74, 6) is 0.638. The SMILES string of the molecule is CC(C)C(CNC(=O)N1CCCC(C)(C(=O)O)C1)C(C)C. The number of carboxylic acid groups (broad SMARTS) is 1. The van der Waals surface area contributed by atoms with Gasteiger partial charge in [0.1, 0.15) is 0 Å². The van der Waals surface area contributed by atoms with Crippen LogP contribution in [0.3, 0.4) is 0 Å². The molecule has 1 saturated heterocycles. The maximum Gasteiger partial charge on any atom is 0.317 e. The fraction of sp³-hybridized carbons (Fsp3) is 0.875. The van der Waals surface area contributed by atoms with Crippen molar-refractivity contribution in [2.75, 3.05) is 19.6 Å². The van der Waals surface area contributed by atoms with Crippen LogP contribution in [0.25, 0.3) is 0 Å². The predicted molar refractivity (Wildman–Crippen MR) is 83.1 cm³/mol. The first-order valence-electron chi connectivity index (χ1n) is 7.93. The Morgan fingerprint density at radius 1 is 1.24 bits per heavy atom. The molecule has 0 aromatic rings.